The van der Waals surface area contributed by atoms with Gasteiger partial charge in [-0.25, -0.2) is 4.79 Å². The SMILES string of the molecule is O=C(O)c1ccc(C(O)CCc2ccccc2)cc1. The van der Waals surface area contributed by atoms with Crippen LogP contribution in [0.3, 0.4) is 0 Å². The van der Waals surface area contributed by atoms with Crippen molar-refractivity contribution in [1.82, 2.24) is 0 Å². The van der Waals surface area contributed by atoms with Crippen LogP contribution in [0.1, 0.15) is 34.0 Å². The van der Waals surface area contributed by atoms with Crippen LogP contribution in [-0.4, -0.2) is 16.2 Å². The van der Waals surface area contributed by atoms with Crippen molar-refractivity contribution in [2.45, 2.75) is 18.9 Å². The van der Waals surface area contributed by atoms with Crippen LogP contribution < -0.4 is 0 Å². The minimum Gasteiger partial charge on any atom is -0.478 e. The van der Waals surface area contributed by atoms with E-state index < -0.39 is 12.1 Å². The van der Waals surface area contributed by atoms with Crippen molar-refractivity contribution in [3.8, 4) is 0 Å². The predicted molar refractivity (Wildman–Crippen MR) is 73.1 cm³/mol. The van der Waals surface area contributed by atoms with Crippen molar-refractivity contribution >= 4 is 5.97 Å². The Labute approximate surface area is 112 Å². The minimum atomic E-state index is -0.953. The van der Waals surface area contributed by atoms with Crippen molar-refractivity contribution in [3.05, 3.63) is 71.3 Å². The van der Waals surface area contributed by atoms with Crippen molar-refractivity contribution in [3.63, 3.8) is 0 Å². The van der Waals surface area contributed by atoms with E-state index in [2.05, 4.69) is 0 Å². The molecule has 0 saturated carbocycles. The van der Waals surface area contributed by atoms with E-state index in [9.17, 15) is 9.90 Å². The Balaban J connectivity index is 1.96. The summed E-state index contributed by atoms with van der Waals surface area (Å²) in [5.41, 5.74) is 2.17. The molecule has 3 nitrogen and oxygen atoms in total. The molecular formula is C16H16O3. The molecule has 1 unspecified atom stereocenters. The lowest BCUT2D eigenvalue weighted by atomic mass is 10.0. The van der Waals surface area contributed by atoms with E-state index in [1.807, 2.05) is 30.3 Å². The van der Waals surface area contributed by atoms with Gasteiger partial charge in [0.1, 0.15) is 0 Å². The highest BCUT2D eigenvalue weighted by atomic mass is 16.4. The maximum atomic E-state index is 10.7. The van der Waals surface area contributed by atoms with Crippen LogP contribution in [0, 0.1) is 0 Å². The van der Waals surface area contributed by atoms with Crippen molar-refractivity contribution in [2.75, 3.05) is 0 Å². The Kier molecular flexibility index (Phi) is 4.31. The van der Waals surface area contributed by atoms with Crippen LogP contribution in [-0.2, 0) is 6.42 Å². The highest BCUT2D eigenvalue weighted by Gasteiger charge is 2.09. The number of rotatable bonds is 5. The molecule has 0 heterocycles. The lowest BCUT2D eigenvalue weighted by Crippen LogP contribution is -2.01. The normalized spacial score (nSPS) is 12.1. The fourth-order valence-electron chi connectivity index (χ4n) is 1.96. The second-order valence-electron chi connectivity index (χ2n) is 4.47. The molecule has 0 amide bonds. The van der Waals surface area contributed by atoms with Crippen LogP contribution in [0.15, 0.2) is 54.6 Å². The summed E-state index contributed by atoms with van der Waals surface area (Å²) in [5.74, 6) is -0.953. The zero-order valence-electron chi connectivity index (χ0n) is 10.5. The summed E-state index contributed by atoms with van der Waals surface area (Å²) in [5, 5.41) is 18.9. The van der Waals surface area contributed by atoms with Crippen LogP contribution in [0.5, 0.6) is 0 Å². The summed E-state index contributed by atoms with van der Waals surface area (Å²) in [6.45, 7) is 0. The molecule has 0 saturated heterocycles. The molecule has 0 bridgehead atoms. The Hall–Kier alpha value is -2.13. The van der Waals surface area contributed by atoms with Crippen LogP contribution in [0.25, 0.3) is 0 Å². The third kappa shape index (κ3) is 3.66. The topological polar surface area (TPSA) is 57.5 Å². The molecule has 0 aromatic heterocycles. The second kappa shape index (κ2) is 6.16. The van der Waals surface area contributed by atoms with E-state index in [4.69, 9.17) is 5.11 Å². The van der Waals surface area contributed by atoms with E-state index in [-0.39, 0.29) is 5.56 Å². The van der Waals surface area contributed by atoms with E-state index >= 15 is 0 Å². The fourth-order valence-corrected chi connectivity index (χ4v) is 1.96. The molecular weight excluding hydrogens is 240 g/mol. The molecule has 0 spiro atoms. The van der Waals surface area contributed by atoms with Crippen LogP contribution in [0.4, 0.5) is 0 Å². The van der Waals surface area contributed by atoms with Gasteiger partial charge in [0, 0.05) is 0 Å². The summed E-state index contributed by atoms with van der Waals surface area (Å²) in [7, 11) is 0. The van der Waals surface area contributed by atoms with Gasteiger partial charge in [0.2, 0.25) is 0 Å². The van der Waals surface area contributed by atoms with Crippen molar-refractivity contribution < 1.29 is 15.0 Å². The molecule has 0 fully saturated rings. The first-order valence-electron chi connectivity index (χ1n) is 6.22. The smallest absolute Gasteiger partial charge is 0.335 e. The Bertz CT molecular complexity index is 532. The number of hydrogen-bond acceptors (Lipinski definition) is 2. The summed E-state index contributed by atoms with van der Waals surface area (Å²) < 4.78 is 0. The molecule has 0 aliphatic heterocycles. The molecule has 0 aliphatic rings. The maximum Gasteiger partial charge on any atom is 0.335 e. The van der Waals surface area contributed by atoms with Gasteiger partial charge in [-0.3, -0.25) is 0 Å². The lowest BCUT2D eigenvalue weighted by molar-refractivity contribution is 0.0696. The van der Waals surface area contributed by atoms with Gasteiger partial charge in [-0.1, -0.05) is 42.5 Å². The summed E-state index contributed by atoms with van der Waals surface area (Å²) in [6, 6.07) is 16.3. The van der Waals surface area contributed by atoms with Gasteiger partial charge < -0.3 is 10.2 Å². The van der Waals surface area contributed by atoms with E-state index in [1.54, 1.807) is 12.1 Å². The van der Waals surface area contributed by atoms with Gasteiger partial charge in [0.05, 0.1) is 11.7 Å². The first kappa shape index (κ1) is 13.3. The number of carboxylic acids is 1. The van der Waals surface area contributed by atoms with Crippen molar-refractivity contribution in [2.24, 2.45) is 0 Å². The number of carboxylic acid groups (broad SMARTS) is 1. The Morgan fingerprint density at radius 2 is 1.63 bits per heavy atom. The standard InChI is InChI=1S/C16H16O3/c17-15(11-6-12-4-2-1-3-5-12)13-7-9-14(10-8-13)16(18)19/h1-5,7-10,15,17H,6,11H2,(H,18,19). The molecule has 19 heavy (non-hydrogen) atoms. The van der Waals surface area contributed by atoms with Gasteiger partial charge in [-0.15, -0.1) is 0 Å². The first-order valence-corrected chi connectivity index (χ1v) is 6.22. The maximum absolute atomic E-state index is 10.7. The summed E-state index contributed by atoms with van der Waals surface area (Å²) in [6.07, 6.45) is 0.849. The largest absolute Gasteiger partial charge is 0.478 e. The Morgan fingerprint density at radius 3 is 2.21 bits per heavy atom. The zero-order valence-corrected chi connectivity index (χ0v) is 10.5. The van der Waals surface area contributed by atoms with E-state index in [0.29, 0.717) is 6.42 Å². The van der Waals surface area contributed by atoms with Gasteiger partial charge in [-0.2, -0.15) is 0 Å². The van der Waals surface area contributed by atoms with Crippen LogP contribution >= 0.6 is 0 Å². The highest BCUT2D eigenvalue weighted by molar-refractivity contribution is 5.87. The number of aliphatic hydroxyl groups excluding tert-OH is 1. The van der Waals surface area contributed by atoms with E-state index in [1.165, 1.54) is 17.7 Å². The first-order chi connectivity index (χ1) is 9.16. The minimum absolute atomic E-state index is 0.235. The number of benzene rings is 2. The summed E-state index contributed by atoms with van der Waals surface area (Å²) >= 11 is 0. The average molecular weight is 256 g/mol. The molecule has 98 valence electrons. The number of hydrogen-bond donors (Lipinski definition) is 2. The quantitative estimate of drug-likeness (QED) is 0.864. The third-order valence-electron chi connectivity index (χ3n) is 3.09. The monoisotopic (exact) mass is 256 g/mol. The molecule has 2 rings (SSSR count). The fraction of sp³-hybridized carbons (Fsp3) is 0.188. The number of aryl methyl sites for hydroxylation is 1. The molecule has 2 N–H and O–H groups in total. The predicted octanol–water partition coefficient (Wildman–Crippen LogP) is 3.05. The second-order valence-corrected chi connectivity index (χ2v) is 4.47. The van der Waals surface area contributed by atoms with Gasteiger partial charge in [0.25, 0.3) is 0 Å². The molecule has 0 aliphatic carbocycles. The summed E-state index contributed by atoms with van der Waals surface area (Å²) in [4.78, 5) is 10.7. The highest BCUT2D eigenvalue weighted by Crippen LogP contribution is 2.19. The molecule has 2 aromatic rings. The Morgan fingerprint density at radius 1 is 1.00 bits per heavy atom. The zero-order chi connectivity index (χ0) is 13.7. The molecule has 0 radical (unpaired) electrons. The van der Waals surface area contributed by atoms with Gasteiger partial charge in [0.15, 0.2) is 0 Å². The molecule has 3 heteroatoms. The van der Waals surface area contributed by atoms with Gasteiger partial charge in [-0.05, 0) is 36.1 Å². The van der Waals surface area contributed by atoms with E-state index in [0.717, 1.165) is 12.0 Å². The van der Waals surface area contributed by atoms with Crippen LogP contribution in [0.2, 0.25) is 0 Å². The molecule has 2 aromatic carbocycles. The number of carbonyl (C=O) groups is 1. The van der Waals surface area contributed by atoms with Crippen molar-refractivity contribution in [1.29, 1.82) is 0 Å². The third-order valence-corrected chi connectivity index (χ3v) is 3.09. The number of aliphatic hydroxyl groups is 1. The van der Waals surface area contributed by atoms with Gasteiger partial charge >= 0.3 is 5.97 Å². The average Bonchev–Trinajstić information content (AvgIpc) is 2.46. The molecule has 1 atom stereocenters. The number of aromatic carboxylic acids is 1. The lowest BCUT2D eigenvalue weighted by Gasteiger charge is -2.11.